The molecule has 1 aliphatic heterocycles. The summed E-state index contributed by atoms with van der Waals surface area (Å²) in [6, 6.07) is 0.707. The molecular formula is C17H29NO. The van der Waals surface area contributed by atoms with Gasteiger partial charge in [0.25, 0.3) is 0 Å². The summed E-state index contributed by atoms with van der Waals surface area (Å²) in [7, 11) is 0. The molecule has 108 valence electrons. The highest BCUT2D eigenvalue weighted by Gasteiger charge is 2.51. The molecular weight excluding hydrogens is 234 g/mol. The SMILES string of the molecule is OC1CCC2(CCCC2)C(N2CCC3(CCC3)C2)C1. The van der Waals surface area contributed by atoms with Gasteiger partial charge in [0.1, 0.15) is 0 Å². The van der Waals surface area contributed by atoms with Crippen LogP contribution in [0.2, 0.25) is 0 Å². The predicted octanol–water partition coefficient (Wildman–Crippen LogP) is 3.34. The quantitative estimate of drug-likeness (QED) is 0.784. The zero-order valence-electron chi connectivity index (χ0n) is 12.2. The van der Waals surface area contributed by atoms with Crippen molar-refractivity contribution in [2.24, 2.45) is 10.8 Å². The van der Waals surface area contributed by atoms with Crippen molar-refractivity contribution in [3.8, 4) is 0 Å². The zero-order valence-corrected chi connectivity index (χ0v) is 12.2. The second-order valence-corrected chi connectivity index (χ2v) is 8.09. The third kappa shape index (κ3) is 1.98. The minimum absolute atomic E-state index is 0.0193. The van der Waals surface area contributed by atoms with Crippen molar-refractivity contribution in [2.45, 2.75) is 82.8 Å². The second-order valence-electron chi connectivity index (χ2n) is 8.09. The van der Waals surface area contributed by atoms with E-state index in [4.69, 9.17) is 0 Å². The van der Waals surface area contributed by atoms with Crippen molar-refractivity contribution in [3.05, 3.63) is 0 Å². The fourth-order valence-electron chi connectivity index (χ4n) is 5.77. The molecule has 2 heteroatoms. The van der Waals surface area contributed by atoms with Crippen LogP contribution in [0.1, 0.15) is 70.6 Å². The number of likely N-dealkylation sites (tertiary alicyclic amines) is 1. The Morgan fingerprint density at radius 2 is 1.68 bits per heavy atom. The Morgan fingerprint density at radius 3 is 2.32 bits per heavy atom. The van der Waals surface area contributed by atoms with Crippen molar-refractivity contribution in [3.63, 3.8) is 0 Å². The molecule has 0 radical (unpaired) electrons. The standard InChI is InChI=1S/C17H29NO/c19-14-4-9-17(7-1-2-8-17)15(12-14)18-11-10-16(13-18)5-3-6-16/h14-15,19H,1-13H2. The van der Waals surface area contributed by atoms with Crippen molar-refractivity contribution in [1.82, 2.24) is 4.90 Å². The molecule has 0 aromatic carbocycles. The molecule has 4 rings (SSSR count). The second kappa shape index (κ2) is 4.46. The highest BCUT2D eigenvalue weighted by Crippen LogP contribution is 2.55. The predicted molar refractivity (Wildman–Crippen MR) is 77.0 cm³/mol. The van der Waals surface area contributed by atoms with E-state index >= 15 is 0 Å². The van der Waals surface area contributed by atoms with Crippen LogP contribution in [0, 0.1) is 10.8 Å². The fraction of sp³-hybridized carbons (Fsp3) is 1.00. The lowest BCUT2D eigenvalue weighted by Crippen LogP contribution is -2.51. The van der Waals surface area contributed by atoms with Crippen LogP contribution < -0.4 is 0 Å². The molecule has 3 aliphatic carbocycles. The normalized spacial score (nSPS) is 40.9. The Balaban J connectivity index is 1.53. The van der Waals surface area contributed by atoms with Crippen LogP contribution >= 0.6 is 0 Å². The van der Waals surface area contributed by atoms with E-state index in [0.29, 0.717) is 16.9 Å². The van der Waals surface area contributed by atoms with Crippen LogP contribution in [-0.4, -0.2) is 35.2 Å². The van der Waals surface area contributed by atoms with Gasteiger partial charge in [-0.05, 0) is 68.7 Å². The number of hydrogen-bond acceptors (Lipinski definition) is 2. The van der Waals surface area contributed by atoms with Crippen LogP contribution in [0.5, 0.6) is 0 Å². The molecule has 0 amide bonds. The van der Waals surface area contributed by atoms with Gasteiger partial charge in [-0.25, -0.2) is 0 Å². The van der Waals surface area contributed by atoms with Crippen LogP contribution in [0.15, 0.2) is 0 Å². The molecule has 0 aromatic heterocycles. The molecule has 19 heavy (non-hydrogen) atoms. The van der Waals surface area contributed by atoms with Gasteiger partial charge in [0.2, 0.25) is 0 Å². The monoisotopic (exact) mass is 263 g/mol. The van der Waals surface area contributed by atoms with Gasteiger partial charge < -0.3 is 5.11 Å². The van der Waals surface area contributed by atoms with Crippen LogP contribution in [0.3, 0.4) is 0 Å². The lowest BCUT2D eigenvalue weighted by atomic mass is 9.66. The van der Waals surface area contributed by atoms with E-state index in [0.717, 1.165) is 12.8 Å². The van der Waals surface area contributed by atoms with E-state index in [9.17, 15) is 5.11 Å². The molecule has 4 aliphatic rings. The summed E-state index contributed by atoms with van der Waals surface area (Å²) in [4.78, 5) is 2.81. The van der Waals surface area contributed by atoms with Gasteiger partial charge in [0.15, 0.2) is 0 Å². The number of aliphatic hydroxyl groups is 1. The first kappa shape index (κ1) is 12.6. The Hall–Kier alpha value is -0.0800. The summed E-state index contributed by atoms with van der Waals surface area (Å²) < 4.78 is 0. The van der Waals surface area contributed by atoms with Crippen molar-refractivity contribution in [1.29, 1.82) is 0 Å². The number of nitrogens with zero attached hydrogens (tertiary/aromatic N) is 1. The average molecular weight is 263 g/mol. The minimum Gasteiger partial charge on any atom is -0.393 e. The number of aliphatic hydroxyl groups excluding tert-OH is 1. The Kier molecular flexibility index (Phi) is 2.97. The van der Waals surface area contributed by atoms with Gasteiger partial charge in [-0.2, -0.15) is 0 Å². The van der Waals surface area contributed by atoms with E-state index < -0.39 is 0 Å². The molecule has 2 atom stereocenters. The molecule has 4 fully saturated rings. The van der Waals surface area contributed by atoms with Crippen LogP contribution in [0.25, 0.3) is 0 Å². The van der Waals surface area contributed by atoms with E-state index in [2.05, 4.69) is 4.90 Å². The maximum Gasteiger partial charge on any atom is 0.0555 e. The van der Waals surface area contributed by atoms with E-state index in [1.807, 2.05) is 0 Å². The van der Waals surface area contributed by atoms with Gasteiger partial charge in [0, 0.05) is 12.6 Å². The number of hydrogen-bond donors (Lipinski definition) is 1. The first-order valence-corrected chi connectivity index (χ1v) is 8.64. The first-order chi connectivity index (χ1) is 9.22. The Morgan fingerprint density at radius 1 is 0.895 bits per heavy atom. The Bertz CT molecular complexity index is 343. The summed E-state index contributed by atoms with van der Waals surface area (Å²) in [5.41, 5.74) is 1.30. The van der Waals surface area contributed by atoms with Crippen molar-refractivity contribution in [2.75, 3.05) is 13.1 Å². The van der Waals surface area contributed by atoms with E-state index in [1.165, 1.54) is 70.9 Å². The van der Waals surface area contributed by atoms with E-state index in [-0.39, 0.29) is 6.10 Å². The maximum atomic E-state index is 10.2. The third-order valence-corrected chi connectivity index (χ3v) is 7.10. The highest BCUT2D eigenvalue weighted by atomic mass is 16.3. The van der Waals surface area contributed by atoms with Crippen LogP contribution in [-0.2, 0) is 0 Å². The third-order valence-electron chi connectivity index (χ3n) is 7.10. The molecule has 3 saturated carbocycles. The van der Waals surface area contributed by atoms with Crippen molar-refractivity contribution < 1.29 is 5.11 Å². The first-order valence-electron chi connectivity index (χ1n) is 8.64. The van der Waals surface area contributed by atoms with Gasteiger partial charge in [-0.1, -0.05) is 19.3 Å². The van der Waals surface area contributed by atoms with E-state index in [1.54, 1.807) is 0 Å². The molecule has 2 unspecified atom stereocenters. The smallest absolute Gasteiger partial charge is 0.0555 e. The van der Waals surface area contributed by atoms with Gasteiger partial charge in [-0.15, -0.1) is 0 Å². The molecule has 1 N–H and O–H groups in total. The van der Waals surface area contributed by atoms with Crippen molar-refractivity contribution >= 4 is 0 Å². The minimum atomic E-state index is -0.0193. The molecule has 1 saturated heterocycles. The molecule has 2 nitrogen and oxygen atoms in total. The topological polar surface area (TPSA) is 23.5 Å². The zero-order chi connectivity index (χ0) is 12.9. The maximum absolute atomic E-state index is 10.2. The highest BCUT2D eigenvalue weighted by molar-refractivity contribution is 5.05. The summed E-state index contributed by atoms with van der Waals surface area (Å²) in [6.07, 6.45) is 15.0. The number of rotatable bonds is 1. The van der Waals surface area contributed by atoms with Crippen LogP contribution in [0.4, 0.5) is 0 Å². The largest absolute Gasteiger partial charge is 0.393 e. The molecule has 1 heterocycles. The lowest BCUT2D eigenvalue weighted by molar-refractivity contribution is -0.0252. The lowest BCUT2D eigenvalue weighted by Gasteiger charge is -2.49. The molecule has 2 spiro atoms. The molecule has 0 bridgehead atoms. The fourth-order valence-corrected chi connectivity index (χ4v) is 5.77. The molecule has 0 aromatic rings. The summed E-state index contributed by atoms with van der Waals surface area (Å²) in [6.45, 7) is 2.67. The van der Waals surface area contributed by atoms with Gasteiger partial charge in [-0.3, -0.25) is 4.90 Å². The average Bonchev–Trinajstić information content (AvgIpc) is 3.00. The van der Waals surface area contributed by atoms with Gasteiger partial charge >= 0.3 is 0 Å². The summed E-state index contributed by atoms with van der Waals surface area (Å²) in [5, 5.41) is 10.2. The summed E-state index contributed by atoms with van der Waals surface area (Å²) in [5.74, 6) is 0. The summed E-state index contributed by atoms with van der Waals surface area (Å²) >= 11 is 0. The Labute approximate surface area is 117 Å². The van der Waals surface area contributed by atoms with Gasteiger partial charge in [0.05, 0.1) is 6.10 Å².